The van der Waals surface area contributed by atoms with Crippen LogP contribution < -0.4 is 15.4 Å². The summed E-state index contributed by atoms with van der Waals surface area (Å²) >= 11 is 0. The lowest BCUT2D eigenvalue weighted by Gasteiger charge is -2.31. The molecule has 2 aliphatic rings. The zero-order valence-corrected chi connectivity index (χ0v) is 13.8. The van der Waals surface area contributed by atoms with Gasteiger partial charge in [-0.3, -0.25) is 24.0 Å². The SMILES string of the molecule is O=C(O)N1CC(=O)N2C[C@](CO)(Cc3ccccc3)n3c2c1ccc3=O. The number of anilines is 2. The van der Waals surface area contributed by atoms with Crippen LogP contribution in [0, 0.1) is 0 Å². The Balaban J connectivity index is 1.92. The zero-order valence-electron chi connectivity index (χ0n) is 13.8. The van der Waals surface area contributed by atoms with Gasteiger partial charge in [0.15, 0.2) is 0 Å². The summed E-state index contributed by atoms with van der Waals surface area (Å²) in [5, 5.41) is 19.6. The third kappa shape index (κ3) is 2.22. The normalized spacial score (nSPS) is 21.0. The van der Waals surface area contributed by atoms with Gasteiger partial charge in [-0.2, -0.15) is 0 Å². The maximum absolute atomic E-state index is 12.6. The average molecular weight is 355 g/mol. The fourth-order valence-electron chi connectivity index (χ4n) is 3.86. The predicted molar refractivity (Wildman–Crippen MR) is 93.6 cm³/mol. The minimum Gasteiger partial charge on any atom is -0.465 e. The number of pyridine rings is 1. The molecule has 0 radical (unpaired) electrons. The quantitative estimate of drug-likeness (QED) is 0.840. The Hall–Kier alpha value is -3.13. The molecular weight excluding hydrogens is 338 g/mol. The van der Waals surface area contributed by atoms with Crippen molar-refractivity contribution in [2.75, 3.05) is 29.5 Å². The van der Waals surface area contributed by atoms with Crippen molar-refractivity contribution in [2.24, 2.45) is 0 Å². The summed E-state index contributed by atoms with van der Waals surface area (Å²) in [6.07, 6.45) is -0.915. The minimum absolute atomic E-state index is 0.122. The number of benzene rings is 1. The van der Waals surface area contributed by atoms with Gasteiger partial charge >= 0.3 is 6.09 Å². The van der Waals surface area contributed by atoms with Gasteiger partial charge in [0.25, 0.3) is 5.56 Å². The molecule has 2 amide bonds. The summed E-state index contributed by atoms with van der Waals surface area (Å²) < 4.78 is 1.38. The molecule has 0 spiro atoms. The molecule has 26 heavy (non-hydrogen) atoms. The van der Waals surface area contributed by atoms with E-state index in [1.54, 1.807) is 0 Å². The van der Waals surface area contributed by atoms with Crippen LogP contribution in [0.1, 0.15) is 5.56 Å². The molecule has 1 aromatic heterocycles. The predicted octanol–water partition coefficient (Wildman–Crippen LogP) is 0.623. The van der Waals surface area contributed by atoms with Crippen molar-refractivity contribution < 1.29 is 19.8 Å². The maximum Gasteiger partial charge on any atom is 0.412 e. The van der Waals surface area contributed by atoms with E-state index in [1.165, 1.54) is 21.6 Å². The first-order chi connectivity index (χ1) is 12.5. The lowest BCUT2D eigenvalue weighted by atomic mass is 9.91. The highest BCUT2D eigenvalue weighted by atomic mass is 16.4. The number of amides is 2. The van der Waals surface area contributed by atoms with Crippen molar-refractivity contribution in [3.05, 3.63) is 58.4 Å². The minimum atomic E-state index is -1.26. The van der Waals surface area contributed by atoms with Crippen LogP contribution >= 0.6 is 0 Å². The molecule has 4 rings (SSSR count). The maximum atomic E-state index is 12.6. The molecule has 2 aromatic rings. The molecule has 1 aromatic carbocycles. The van der Waals surface area contributed by atoms with Crippen molar-refractivity contribution in [1.82, 2.24) is 4.57 Å². The van der Waals surface area contributed by atoms with Gasteiger partial charge in [-0.1, -0.05) is 30.3 Å². The number of nitrogens with zero attached hydrogens (tertiary/aromatic N) is 3. The summed E-state index contributed by atoms with van der Waals surface area (Å²) in [6.45, 7) is -0.542. The third-order valence-corrected chi connectivity index (χ3v) is 5.01. The Morgan fingerprint density at radius 1 is 1.12 bits per heavy atom. The van der Waals surface area contributed by atoms with Gasteiger partial charge in [0, 0.05) is 12.5 Å². The van der Waals surface area contributed by atoms with Gasteiger partial charge in [-0.05, 0) is 11.6 Å². The number of rotatable bonds is 3. The van der Waals surface area contributed by atoms with Gasteiger partial charge in [-0.25, -0.2) is 4.79 Å². The molecule has 0 saturated heterocycles. The summed E-state index contributed by atoms with van der Waals surface area (Å²) in [5.74, 6) is -0.177. The van der Waals surface area contributed by atoms with Crippen LogP contribution in [0.2, 0.25) is 0 Å². The zero-order chi connectivity index (χ0) is 18.5. The number of carbonyl (C=O) groups excluding carboxylic acids is 1. The van der Waals surface area contributed by atoms with Gasteiger partial charge in [0.2, 0.25) is 5.91 Å². The van der Waals surface area contributed by atoms with E-state index in [2.05, 4.69) is 0 Å². The van der Waals surface area contributed by atoms with E-state index in [-0.39, 0.29) is 36.8 Å². The van der Waals surface area contributed by atoms with Gasteiger partial charge in [-0.15, -0.1) is 0 Å². The number of hydrogen-bond donors (Lipinski definition) is 2. The van der Waals surface area contributed by atoms with E-state index in [1.807, 2.05) is 30.3 Å². The van der Waals surface area contributed by atoms with Crippen LogP contribution in [-0.4, -0.2) is 46.5 Å². The molecule has 0 bridgehead atoms. The molecule has 0 saturated carbocycles. The van der Waals surface area contributed by atoms with Gasteiger partial charge < -0.3 is 10.2 Å². The monoisotopic (exact) mass is 355 g/mol. The number of aliphatic hydroxyl groups excluding tert-OH is 1. The lowest BCUT2D eigenvalue weighted by Crippen LogP contribution is -2.49. The van der Waals surface area contributed by atoms with E-state index in [0.29, 0.717) is 6.42 Å². The number of hydrogen-bond acceptors (Lipinski definition) is 4. The van der Waals surface area contributed by atoms with Crippen LogP contribution in [0.4, 0.5) is 16.3 Å². The molecule has 0 fully saturated rings. The Morgan fingerprint density at radius 3 is 2.50 bits per heavy atom. The molecule has 134 valence electrons. The van der Waals surface area contributed by atoms with Gasteiger partial charge in [0.1, 0.15) is 12.4 Å². The standard InChI is InChI=1S/C18H17N3O5/c22-11-18(8-12-4-2-1-3-5-12)10-20-15(24)9-19(17(25)26)13-6-7-14(23)21(18)16(13)20/h1-7,22H,8-11H2,(H,25,26)/t18-/m0/s1. The van der Waals surface area contributed by atoms with Crippen molar-refractivity contribution in [1.29, 1.82) is 0 Å². The van der Waals surface area contributed by atoms with Crippen molar-refractivity contribution in [3.8, 4) is 0 Å². The molecule has 2 aliphatic heterocycles. The molecule has 8 nitrogen and oxygen atoms in total. The molecule has 0 unspecified atom stereocenters. The van der Waals surface area contributed by atoms with Crippen LogP contribution in [0.3, 0.4) is 0 Å². The van der Waals surface area contributed by atoms with Crippen molar-refractivity contribution >= 4 is 23.5 Å². The molecule has 8 heteroatoms. The first-order valence-electron chi connectivity index (χ1n) is 8.19. The molecule has 1 atom stereocenters. The van der Waals surface area contributed by atoms with Crippen LogP contribution in [0.25, 0.3) is 0 Å². The van der Waals surface area contributed by atoms with Crippen molar-refractivity contribution in [2.45, 2.75) is 12.0 Å². The first-order valence-corrected chi connectivity index (χ1v) is 8.19. The lowest BCUT2D eigenvalue weighted by molar-refractivity contribution is -0.117. The Kier molecular flexibility index (Phi) is 3.58. The van der Waals surface area contributed by atoms with Crippen molar-refractivity contribution in [3.63, 3.8) is 0 Å². The number of carboxylic acid groups (broad SMARTS) is 1. The summed E-state index contributed by atoms with van der Waals surface area (Å²) in [7, 11) is 0. The fourth-order valence-corrected chi connectivity index (χ4v) is 3.86. The molecule has 3 heterocycles. The van der Waals surface area contributed by atoms with Gasteiger partial charge in [0.05, 0.1) is 24.4 Å². The second-order valence-electron chi connectivity index (χ2n) is 6.61. The highest BCUT2D eigenvalue weighted by Crippen LogP contribution is 2.42. The first kappa shape index (κ1) is 16.3. The van der Waals surface area contributed by atoms with E-state index < -0.39 is 17.5 Å². The van der Waals surface area contributed by atoms with Crippen LogP contribution in [0.15, 0.2) is 47.3 Å². The Bertz CT molecular complexity index is 955. The highest BCUT2D eigenvalue weighted by molar-refractivity contribution is 6.09. The molecular formula is C18H17N3O5. The topological polar surface area (TPSA) is 103 Å². The smallest absolute Gasteiger partial charge is 0.412 e. The average Bonchev–Trinajstić information content (AvgIpc) is 2.98. The van der Waals surface area contributed by atoms with E-state index in [9.17, 15) is 24.6 Å². The largest absolute Gasteiger partial charge is 0.465 e. The number of aromatic nitrogens is 1. The summed E-state index contributed by atoms with van der Waals surface area (Å²) in [4.78, 5) is 39.0. The van der Waals surface area contributed by atoms with E-state index >= 15 is 0 Å². The number of aliphatic hydroxyl groups is 1. The summed E-state index contributed by atoms with van der Waals surface area (Å²) in [5.41, 5.74) is -0.224. The van der Waals surface area contributed by atoms with Crippen LogP contribution in [-0.2, 0) is 16.8 Å². The van der Waals surface area contributed by atoms with E-state index in [0.717, 1.165) is 10.5 Å². The van der Waals surface area contributed by atoms with Crippen LogP contribution in [0.5, 0.6) is 0 Å². The Labute approximate surface area is 148 Å². The van der Waals surface area contributed by atoms with E-state index in [4.69, 9.17) is 0 Å². The molecule has 0 aliphatic carbocycles. The fraction of sp³-hybridized carbons (Fsp3) is 0.278. The Morgan fingerprint density at radius 2 is 1.85 bits per heavy atom. The highest BCUT2D eigenvalue weighted by Gasteiger charge is 2.49. The second kappa shape index (κ2) is 5.70. The molecule has 2 N–H and O–H groups in total. The number of carbonyl (C=O) groups is 2. The second-order valence-corrected chi connectivity index (χ2v) is 6.61. The summed E-state index contributed by atoms with van der Waals surface area (Å²) in [6, 6.07) is 12.1. The third-order valence-electron chi connectivity index (χ3n) is 5.01.